The summed E-state index contributed by atoms with van der Waals surface area (Å²) in [5, 5.41) is 5.28. The van der Waals surface area contributed by atoms with Crippen molar-refractivity contribution < 1.29 is 27.5 Å². The Morgan fingerprint density at radius 2 is 1.55 bits per heavy atom. The maximum absolute atomic E-state index is 12.5. The van der Waals surface area contributed by atoms with Crippen LogP contribution in [0, 0.1) is 0 Å². The molecule has 0 aliphatic rings. The van der Waals surface area contributed by atoms with Gasteiger partial charge < -0.3 is 14.8 Å². The Bertz CT molecular complexity index is 988. The van der Waals surface area contributed by atoms with E-state index in [1.54, 1.807) is 38.1 Å². The highest BCUT2D eigenvalue weighted by Gasteiger charge is 2.21. The lowest BCUT2D eigenvalue weighted by atomic mass is 10.2. The van der Waals surface area contributed by atoms with Crippen molar-refractivity contribution >= 4 is 33.4 Å². The third-order valence-corrected chi connectivity index (χ3v) is 6.41. The Balaban J connectivity index is 2.04. The molecule has 0 aromatic heterocycles. The summed E-state index contributed by atoms with van der Waals surface area (Å²) in [6.07, 6.45) is -0.634. The minimum absolute atomic E-state index is 0.124. The highest BCUT2D eigenvalue weighted by molar-refractivity contribution is 7.89. The summed E-state index contributed by atoms with van der Waals surface area (Å²) < 4.78 is 36.2. The van der Waals surface area contributed by atoms with E-state index in [1.165, 1.54) is 35.7 Å². The van der Waals surface area contributed by atoms with E-state index in [-0.39, 0.29) is 11.5 Å². The van der Waals surface area contributed by atoms with Gasteiger partial charge in [0, 0.05) is 37.1 Å². The molecular weight excluding hydrogens is 422 g/mol. The van der Waals surface area contributed by atoms with Crippen LogP contribution in [-0.4, -0.2) is 58.1 Å². The molecule has 9 nitrogen and oxygen atoms in total. The van der Waals surface area contributed by atoms with Gasteiger partial charge in [0.25, 0.3) is 5.91 Å². The lowest BCUT2D eigenvalue weighted by Gasteiger charge is -2.18. The summed E-state index contributed by atoms with van der Waals surface area (Å²) in [6.45, 7) is 4.68. The van der Waals surface area contributed by atoms with Crippen LogP contribution >= 0.6 is 0 Å². The van der Waals surface area contributed by atoms with Crippen molar-refractivity contribution in [3.8, 4) is 0 Å². The van der Waals surface area contributed by atoms with Crippen LogP contribution in [0.25, 0.3) is 0 Å². The van der Waals surface area contributed by atoms with Crippen molar-refractivity contribution in [3.63, 3.8) is 0 Å². The van der Waals surface area contributed by atoms with Gasteiger partial charge in [0.1, 0.15) is 6.61 Å². The van der Waals surface area contributed by atoms with Gasteiger partial charge in [0.2, 0.25) is 10.0 Å². The van der Waals surface area contributed by atoms with Gasteiger partial charge in [-0.05, 0) is 42.5 Å². The molecule has 0 bridgehead atoms. The first-order valence-electron chi connectivity index (χ1n) is 9.76. The van der Waals surface area contributed by atoms with E-state index >= 15 is 0 Å². The summed E-state index contributed by atoms with van der Waals surface area (Å²) in [4.78, 5) is 24.4. The van der Waals surface area contributed by atoms with E-state index in [1.807, 2.05) is 0 Å². The van der Waals surface area contributed by atoms with Crippen LogP contribution in [0.3, 0.4) is 0 Å². The SMILES string of the molecule is CCN(CC)S(=O)(=O)c1ccc(C(=O)Nc2cccc(NC(=O)OCCOC)c2)cc1. The minimum atomic E-state index is -3.59. The molecule has 0 aliphatic heterocycles. The van der Waals surface area contributed by atoms with Crippen molar-refractivity contribution in [2.75, 3.05) is 44.0 Å². The molecule has 2 rings (SSSR count). The number of nitrogens with one attached hydrogen (secondary N) is 2. The lowest BCUT2D eigenvalue weighted by Crippen LogP contribution is -2.30. The van der Waals surface area contributed by atoms with Crippen LogP contribution in [-0.2, 0) is 19.5 Å². The van der Waals surface area contributed by atoms with Crippen LogP contribution in [0.1, 0.15) is 24.2 Å². The Morgan fingerprint density at radius 1 is 0.935 bits per heavy atom. The largest absolute Gasteiger partial charge is 0.447 e. The van der Waals surface area contributed by atoms with Crippen molar-refractivity contribution in [1.29, 1.82) is 0 Å². The zero-order chi connectivity index (χ0) is 22.9. The predicted molar refractivity (Wildman–Crippen MR) is 118 cm³/mol. The van der Waals surface area contributed by atoms with Crippen molar-refractivity contribution in [3.05, 3.63) is 54.1 Å². The molecule has 0 saturated heterocycles. The molecule has 0 radical (unpaired) electrons. The lowest BCUT2D eigenvalue weighted by molar-refractivity contribution is 0.102. The fraction of sp³-hybridized carbons (Fsp3) is 0.333. The van der Waals surface area contributed by atoms with Gasteiger partial charge >= 0.3 is 6.09 Å². The molecule has 0 unspecified atom stereocenters. The number of methoxy groups -OCH3 is 1. The summed E-state index contributed by atoms with van der Waals surface area (Å²) in [7, 11) is -2.08. The Hall–Kier alpha value is -2.95. The number of sulfonamides is 1. The number of amides is 2. The van der Waals surface area contributed by atoms with Crippen molar-refractivity contribution in [2.24, 2.45) is 0 Å². The number of hydrogen-bond acceptors (Lipinski definition) is 6. The number of rotatable bonds is 10. The normalized spacial score (nSPS) is 11.2. The number of hydrogen-bond donors (Lipinski definition) is 2. The summed E-state index contributed by atoms with van der Waals surface area (Å²) in [5.74, 6) is -0.411. The van der Waals surface area contributed by atoms with E-state index in [9.17, 15) is 18.0 Å². The van der Waals surface area contributed by atoms with E-state index in [4.69, 9.17) is 9.47 Å². The molecule has 10 heteroatoms. The number of carbonyl (C=O) groups excluding carboxylic acids is 2. The maximum atomic E-state index is 12.5. The average molecular weight is 450 g/mol. The standard InChI is InChI=1S/C21H27N3O6S/c1-4-24(5-2)31(27,28)19-11-9-16(10-12-19)20(25)22-17-7-6-8-18(15-17)23-21(26)30-14-13-29-3/h6-12,15H,4-5,13-14H2,1-3H3,(H,22,25)(H,23,26). The Kier molecular flexibility index (Phi) is 8.98. The number of nitrogens with zero attached hydrogens (tertiary/aromatic N) is 1. The molecule has 0 spiro atoms. The van der Waals surface area contributed by atoms with Crippen molar-refractivity contribution in [1.82, 2.24) is 4.31 Å². The summed E-state index contributed by atoms with van der Waals surface area (Å²) in [5.41, 5.74) is 1.20. The summed E-state index contributed by atoms with van der Waals surface area (Å²) in [6, 6.07) is 12.3. The quantitative estimate of drug-likeness (QED) is 0.539. The predicted octanol–water partition coefficient (Wildman–Crippen LogP) is 3.16. The highest BCUT2D eigenvalue weighted by atomic mass is 32.2. The molecule has 168 valence electrons. The number of benzene rings is 2. The zero-order valence-electron chi connectivity index (χ0n) is 17.8. The van der Waals surface area contributed by atoms with Gasteiger partial charge in [-0.3, -0.25) is 10.1 Å². The van der Waals surface area contributed by atoms with E-state index in [0.29, 0.717) is 36.6 Å². The molecule has 31 heavy (non-hydrogen) atoms. The molecule has 0 fully saturated rings. The fourth-order valence-electron chi connectivity index (χ4n) is 2.74. The molecule has 0 atom stereocenters. The molecule has 0 saturated carbocycles. The van der Waals surface area contributed by atoms with Gasteiger partial charge in [0.15, 0.2) is 0 Å². The van der Waals surface area contributed by atoms with E-state index < -0.39 is 22.0 Å². The number of anilines is 2. The first kappa shape index (κ1) is 24.3. The molecule has 0 aliphatic carbocycles. The van der Waals surface area contributed by atoms with Crippen molar-refractivity contribution in [2.45, 2.75) is 18.7 Å². The molecular formula is C21H27N3O6S. The minimum Gasteiger partial charge on any atom is -0.447 e. The third-order valence-electron chi connectivity index (χ3n) is 4.35. The molecule has 2 aromatic carbocycles. The second-order valence-corrected chi connectivity index (χ2v) is 8.34. The highest BCUT2D eigenvalue weighted by Crippen LogP contribution is 2.19. The van der Waals surface area contributed by atoms with Gasteiger partial charge in [-0.15, -0.1) is 0 Å². The smallest absolute Gasteiger partial charge is 0.411 e. The second kappa shape index (κ2) is 11.4. The molecule has 0 heterocycles. The Morgan fingerprint density at radius 3 is 2.13 bits per heavy atom. The van der Waals surface area contributed by atoms with E-state index in [0.717, 1.165) is 0 Å². The third kappa shape index (κ3) is 6.78. The zero-order valence-corrected chi connectivity index (χ0v) is 18.6. The van der Waals surface area contributed by atoms with Crippen LogP contribution in [0.5, 0.6) is 0 Å². The molecule has 2 N–H and O–H groups in total. The topological polar surface area (TPSA) is 114 Å². The number of ether oxygens (including phenoxy) is 2. The maximum Gasteiger partial charge on any atom is 0.411 e. The second-order valence-electron chi connectivity index (χ2n) is 6.40. The monoisotopic (exact) mass is 449 g/mol. The first-order valence-corrected chi connectivity index (χ1v) is 11.2. The fourth-order valence-corrected chi connectivity index (χ4v) is 4.20. The van der Waals surface area contributed by atoms with Gasteiger partial charge in [-0.1, -0.05) is 19.9 Å². The molecule has 2 amide bonds. The van der Waals surface area contributed by atoms with Crippen LogP contribution in [0.4, 0.5) is 16.2 Å². The van der Waals surface area contributed by atoms with E-state index in [2.05, 4.69) is 10.6 Å². The average Bonchev–Trinajstić information content (AvgIpc) is 2.75. The first-order chi connectivity index (χ1) is 14.8. The molecule has 2 aromatic rings. The van der Waals surface area contributed by atoms with Gasteiger partial charge in [-0.2, -0.15) is 4.31 Å². The van der Waals surface area contributed by atoms with Crippen LogP contribution in [0.2, 0.25) is 0 Å². The van der Waals surface area contributed by atoms with Crippen LogP contribution in [0.15, 0.2) is 53.4 Å². The Labute approximate surface area is 182 Å². The summed E-state index contributed by atoms with van der Waals surface area (Å²) >= 11 is 0. The number of carbonyl (C=O) groups is 2. The van der Waals surface area contributed by atoms with Gasteiger partial charge in [-0.25, -0.2) is 13.2 Å². The van der Waals surface area contributed by atoms with Gasteiger partial charge in [0.05, 0.1) is 11.5 Å². The van der Waals surface area contributed by atoms with Crippen LogP contribution < -0.4 is 10.6 Å².